The van der Waals surface area contributed by atoms with Crippen LogP contribution in [0.2, 0.25) is 5.02 Å². The van der Waals surface area contributed by atoms with Crippen LogP contribution in [0.4, 0.5) is 10.8 Å². The largest absolute Gasteiger partial charge is 0.305 e. The van der Waals surface area contributed by atoms with E-state index in [0.717, 1.165) is 39.1 Å². The molecular weight excluding hydrogens is 462 g/mol. The minimum absolute atomic E-state index is 0.0649. The highest BCUT2D eigenvalue weighted by molar-refractivity contribution is 7.98. The summed E-state index contributed by atoms with van der Waals surface area (Å²) in [6.07, 6.45) is 0. The number of aromatic nitrogens is 4. The second kappa shape index (κ2) is 9.44. The minimum atomic E-state index is -0.0649. The Morgan fingerprint density at radius 3 is 2.69 bits per heavy atom. The average Bonchev–Trinajstić information content (AvgIpc) is 3.37. The van der Waals surface area contributed by atoms with Crippen LogP contribution in [-0.4, -0.2) is 25.7 Å². The molecule has 9 heteroatoms. The molecule has 0 spiro atoms. The van der Waals surface area contributed by atoms with Crippen LogP contribution in [0.1, 0.15) is 23.7 Å². The molecule has 164 valence electrons. The first-order chi connectivity index (χ1) is 15.4. The lowest BCUT2D eigenvalue weighted by atomic mass is 10.1. The summed E-state index contributed by atoms with van der Waals surface area (Å²) in [5, 5.41) is 12.7. The molecule has 0 radical (unpaired) electrons. The van der Waals surface area contributed by atoms with Crippen molar-refractivity contribution in [3.05, 3.63) is 69.7 Å². The maximum Gasteiger partial charge on any atom is 0.230 e. The molecule has 2 aromatic heterocycles. The van der Waals surface area contributed by atoms with Gasteiger partial charge in [0.2, 0.25) is 5.91 Å². The summed E-state index contributed by atoms with van der Waals surface area (Å²) in [7, 11) is 1.92. The Morgan fingerprint density at radius 2 is 1.94 bits per heavy atom. The molecule has 2 aromatic carbocycles. The van der Waals surface area contributed by atoms with Crippen molar-refractivity contribution in [3.63, 3.8) is 0 Å². The Morgan fingerprint density at radius 1 is 1.16 bits per heavy atom. The zero-order chi connectivity index (χ0) is 22.8. The van der Waals surface area contributed by atoms with Crippen molar-refractivity contribution >= 4 is 51.4 Å². The topological polar surface area (TPSA) is 63.9 Å². The van der Waals surface area contributed by atoms with E-state index in [1.165, 1.54) is 11.3 Å². The summed E-state index contributed by atoms with van der Waals surface area (Å²) < 4.78 is 1.93. The summed E-state index contributed by atoms with van der Waals surface area (Å²) in [6, 6.07) is 13.5. The SMILES string of the molecule is CC(=O)N(c1nc(CSc2nnc(-c3ccccc3Cl)n2C)cs1)c1cccc(C)c1C. The molecule has 0 aliphatic carbocycles. The van der Waals surface area contributed by atoms with Gasteiger partial charge in [0.05, 0.1) is 16.4 Å². The molecule has 4 aromatic rings. The third-order valence-electron chi connectivity index (χ3n) is 5.16. The van der Waals surface area contributed by atoms with E-state index in [2.05, 4.69) is 10.2 Å². The van der Waals surface area contributed by atoms with Crippen molar-refractivity contribution in [1.29, 1.82) is 0 Å². The molecule has 0 aliphatic rings. The molecule has 4 rings (SSSR count). The first-order valence-corrected chi connectivity index (χ1v) is 12.2. The number of carbonyl (C=O) groups is 1. The monoisotopic (exact) mass is 483 g/mol. The highest BCUT2D eigenvalue weighted by Gasteiger charge is 2.21. The number of thioether (sulfide) groups is 1. The zero-order valence-electron chi connectivity index (χ0n) is 18.2. The number of anilines is 2. The quantitative estimate of drug-likeness (QED) is 0.306. The molecule has 0 fully saturated rings. The van der Waals surface area contributed by atoms with E-state index in [4.69, 9.17) is 16.6 Å². The van der Waals surface area contributed by atoms with E-state index < -0.39 is 0 Å². The number of hydrogen-bond donors (Lipinski definition) is 0. The van der Waals surface area contributed by atoms with Gasteiger partial charge in [-0.1, -0.05) is 47.6 Å². The van der Waals surface area contributed by atoms with Crippen molar-refractivity contribution in [2.45, 2.75) is 31.7 Å². The summed E-state index contributed by atoms with van der Waals surface area (Å²) in [4.78, 5) is 18.9. The summed E-state index contributed by atoms with van der Waals surface area (Å²) in [5.74, 6) is 1.27. The van der Waals surface area contributed by atoms with Gasteiger partial charge < -0.3 is 4.57 Å². The Balaban J connectivity index is 1.53. The lowest BCUT2D eigenvalue weighted by Gasteiger charge is -2.21. The van der Waals surface area contributed by atoms with E-state index in [-0.39, 0.29) is 5.91 Å². The molecule has 6 nitrogen and oxygen atoms in total. The predicted molar refractivity (Wildman–Crippen MR) is 132 cm³/mol. The summed E-state index contributed by atoms with van der Waals surface area (Å²) in [5.41, 5.74) is 4.80. The second-order valence-corrected chi connectivity index (χ2v) is 9.51. The molecule has 32 heavy (non-hydrogen) atoms. The van der Waals surface area contributed by atoms with Crippen LogP contribution < -0.4 is 4.90 Å². The third kappa shape index (κ3) is 4.44. The van der Waals surface area contributed by atoms with Crippen molar-refractivity contribution in [1.82, 2.24) is 19.7 Å². The van der Waals surface area contributed by atoms with Crippen LogP contribution >= 0.6 is 34.7 Å². The number of benzene rings is 2. The van der Waals surface area contributed by atoms with Crippen LogP contribution in [0.5, 0.6) is 0 Å². The van der Waals surface area contributed by atoms with Crippen molar-refractivity contribution in [2.24, 2.45) is 7.05 Å². The standard InChI is InChI=1S/C23H22ClN5OS2/c1-14-8-7-11-20(15(14)2)29(16(3)30)22-25-17(12-31-22)13-32-23-27-26-21(28(23)4)18-9-5-6-10-19(18)24/h5-12H,13H2,1-4H3. The number of thiazole rings is 1. The van der Waals surface area contributed by atoms with Crippen LogP contribution in [0, 0.1) is 13.8 Å². The van der Waals surface area contributed by atoms with Gasteiger partial charge in [-0.3, -0.25) is 9.69 Å². The molecular formula is C23H22ClN5OS2. The Labute approximate surface area is 200 Å². The first-order valence-electron chi connectivity index (χ1n) is 9.95. The van der Waals surface area contributed by atoms with Crippen LogP contribution in [0.25, 0.3) is 11.4 Å². The average molecular weight is 484 g/mol. The molecule has 2 heterocycles. The van der Waals surface area contributed by atoms with Gasteiger partial charge in [0.15, 0.2) is 16.1 Å². The minimum Gasteiger partial charge on any atom is -0.305 e. The van der Waals surface area contributed by atoms with Crippen molar-refractivity contribution in [3.8, 4) is 11.4 Å². The van der Waals surface area contributed by atoms with E-state index in [0.29, 0.717) is 15.9 Å². The lowest BCUT2D eigenvalue weighted by molar-refractivity contribution is -0.115. The lowest BCUT2D eigenvalue weighted by Crippen LogP contribution is -2.23. The van der Waals surface area contributed by atoms with Gasteiger partial charge in [-0.05, 0) is 43.2 Å². The van der Waals surface area contributed by atoms with Gasteiger partial charge in [0.25, 0.3) is 0 Å². The van der Waals surface area contributed by atoms with Gasteiger partial charge in [0, 0.05) is 30.7 Å². The Hall–Kier alpha value is -2.68. The molecule has 0 atom stereocenters. The summed E-state index contributed by atoms with van der Waals surface area (Å²) in [6.45, 7) is 5.63. The zero-order valence-corrected chi connectivity index (χ0v) is 20.6. The summed E-state index contributed by atoms with van der Waals surface area (Å²) >= 11 is 9.32. The maximum absolute atomic E-state index is 12.5. The van der Waals surface area contributed by atoms with Gasteiger partial charge in [-0.15, -0.1) is 21.5 Å². The van der Waals surface area contributed by atoms with Crippen LogP contribution in [0.3, 0.4) is 0 Å². The fourth-order valence-electron chi connectivity index (χ4n) is 3.31. The number of carbonyl (C=O) groups excluding carboxylic acids is 1. The number of rotatable bonds is 6. The Bertz CT molecular complexity index is 1280. The molecule has 1 amide bonds. The number of aryl methyl sites for hydroxylation is 1. The molecule has 0 bridgehead atoms. The first kappa shape index (κ1) is 22.5. The molecule has 0 saturated heterocycles. The third-order valence-corrected chi connectivity index (χ3v) is 7.42. The number of nitrogens with zero attached hydrogens (tertiary/aromatic N) is 5. The Kier molecular flexibility index (Phi) is 6.64. The number of halogens is 1. The van der Waals surface area contributed by atoms with E-state index in [9.17, 15) is 4.79 Å². The smallest absolute Gasteiger partial charge is 0.230 e. The van der Waals surface area contributed by atoms with Gasteiger partial charge in [0.1, 0.15) is 0 Å². The van der Waals surface area contributed by atoms with Gasteiger partial charge in [-0.2, -0.15) is 0 Å². The fourth-order valence-corrected chi connectivity index (χ4v) is 5.32. The highest BCUT2D eigenvalue weighted by atomic mass is 35.5. The molecule has 0 saturated carbocycles. The second-order valence-electron chi connectivity index (χ2n) is 7.33. The number of hydrogen-bond acceptors (Lipinski definition) is 6. The number of amides is 1. The molecule has 0 aliphatic heterocycles. The predicted octanol–water partition coefficient (Wildman–Crippen LogP) is 6.19. The molecule has 0 unspecified atom stereocenters. The van der Waals surface area contributed by atoms with Crippen molar-refractivity contribution in [2.75, 3.05) is 4.90 Å². The molecule has 0 N–H and O–H groups in total. The van der Waals surface area contributed by atoms with Crippen LogP contribution in [-0.2, 0) is 17.6 Å². The highest BCUT2D eigenvalue weighted by Crippen LogP contribution is 2.34. The van der Waals surface area contributed by atoms with Gasteiger partial charge in [-0.25, -0.2) is 4.98 Å². The fraction of sp³-hybridized carbons (Fsp3) is 0.217. The normalized spacial score (nSPS) is 11.0. The van der Waals surface area contributed by atoms with Crippen molar-refractivity contribution < 1.29 is 4.79 Å². The maximum atomic E-state index is 12.5. The van der Waals surface area contributed by atoms with E-state index in [1.807, 2.05) is 73.3 Å². The van der Waals surface area contributed by atoms with Gasteiger partial charge >= 0.3 is 0 Å². The van der Waals surface area contributed by atoms with E-state index >= 15 is 0 Å². The van der Waals surface area contributed by atoms with Crippen LogP contribution in [0.15, 0.2) is 53.0 Å². The van der Waals surface area contributed by atoms with E-state index in [1.54, 1.807) is 23.6 Å².